The van der Waals surface area contributed by atoms with Crippen molar-refractivity contribution in [2.75, 3.05) is 5.32 Å². The fraction of sp³-hybridized carbons (Fsp3) is 0.235. The van der Waals surface area contributed by atoms with E-state index in [-0.39, 0.29) is 6.07 Å². The van der Waals surface area contributed by atoms with Crippen molar-refractivity contribution in [3.63, 3.8) is 0 Å². The second kappa shape index (κ2) is 8.79. The highest BCUT2D eigenvalue weighted by molar-refractivity contribution is 9.10. The summed E-state index contributed by atoms with van der Waals surface area (Å²) in [6, 6.07) is 1.76. The van der Waals surface area contributed by atoms with Gasteiger partial charge in [0.15, 0.2) is 5.92 Å². The van der Waals surface area contributed by atoms with Crippen LogP contribution in [0.1, 0.15) is 27.4 Å². The topological polar surface area (TPSA) is 72.2 Å². The van der Waals surface area contributed by atoms with Crippen LogP contribution in [0.3, 0.4) is 0 Å². The predicted molar refractivity (Wildman–Crippen MR) is 95.0 cm³/mol. The van der Waals surface area contributed by atoms with Crippen LogP contribution in [-0.2, 0) is 6.18 Å². The fourth-order valence-electron chi connectivity index (χ4n) is 2.73. The summed E-state index contributed by atoms with van der Waals surface area (Å²) < 4.78 is 131. The van der Waals surface area contributed by atoms with Crippen LogP contribution in [0, 0.1) is 15.9 Å². The molecule has 1 amide bonds. The van der Waals surface area contributed by atoms with E-state index in [1.54, 1.807) is 0 Å². The molecule has 0 spiro atoms. The molecule has 0 unspecified atom stereocenters. The largest absolute Gasteiger partial charge is 0.418 e. The molecule has 0 aliphatic rings. The molecule has 0 aliphatic heterocycles. The van der Waals surface area contributed by atoms with Gasteiger partial charge in [-0.2, -0.15) is 43.9 Å². The van der Waals surface area contributed by atoms with E-state index in [2.05, 4.69) is 15.9 Å². The van der Waals surface area contributed by atoms with Gasteiger partial charge in [0, 0.05) is 10.5 Å². The van der Waals surface area contributed by atoms with E-state index < -0.39 is 79.7 Å². The number of hydrogen-bond donors (Lipinski definition) is 1. The maximum absolute atomic E-state index is 14.2. The lowest BCUT2D eigenvalue weighted by Crippen LogP contribution is -2.34. The van der Waals surface area contributed by atoms with Crippen LogP contribution in [-0.4, -0.2) is 23.2 Å². The van der Waals surface area contributed by atoms with Crippen LogP contribution in [0.4, 0.5) is 55.3 Å². The molecule has 0 saturated carbocycles. The van der Waals surface area contributed by atoms with Crippen molar-refractivity contribution in [2.45, 2.75) is 24.4 Å². The average Bonchev–Trinajstić information content (AvgIpc) is 2.60. The average molecular weight is 557 g/mol. The molecule has 0 heterocycles. The van der Waals surface area contributed by atoms with Crippen molar-refractivity contribution in [3.8, 4) is 0 Å². The molecule has 0 bridgehead atoms. The quantitative estimate of drug-likeness (QED) is 0.251. The van der Waals surface area contributed by atoms with Crippen molar-refractivity contribution in [2.24, 2.45) is 0 Å². The predicted octanol–water partition coefficient (Wildman–Crippen LogP) is 6.98. The molecule has 0 fully saturated rings. The van der Waals surface area contributed by atoms with Crippen LogP contribution in [0.5, 0.6) is 0 Å². The molecular weight excluding hydrogens is 550 g/mol. The molecule has 2 aromatic carbocycles. The van der Waals surface area contributed by atoms with Gasteiger partial charge in [0.2, 0.25) is 5.82 Å². The first-order chi connectivity index (χ1) is 14.9. The molecule has 5 nitrogen and oxygen atoms in total. The van der Waals surface area contributed by atoms with Gasteiger partial charge in [-0.3, -0.25) is 14.9 Å². The molecule has 0 saturated heterocycles. The van der Waals surface area contributed by atoms with E-state index in [1.807, 2.05) is 0 Å². The van der Waals surface area contributed by atoms with E-state index in [0.29, 0.717) is 12.1 Å². The number of anilines is 1. The number of nitrogens with zero attached hydrogens (tertiary/aromatic N) is 1. The van der Waals surface area contributed by atoms with E-state index >= 15 is 0 Å². The number of nitro benzene ring substituents is 1. The second-order valence-corrected chi connectivity index (χ2v) is 7.14. The Labute approximate surface area is 184 Å². The van der Waals surface area contributed by atoms with Crippen molar-refractivity contribution in [1.29, 1.82) is 0 Å². The van der Waals surface area contributed by atoms with Crippen LogP contribution in [0.25, 0.3) is 0 Å². The van der Waals surface area contributed by atoms with Gasteiger partial charge >= 0.3 is 24.2 Å². The van der Waals surface area contributed by atoms with E-state index in [9.17, 15) is 58.8 Å². The monoisotopic (exact) mass is 556 g/mol. The lowest BCUT2D eigenvalue weighted by atomic mass is 9.95. The Balaban J connectivity index is 2.65. The van der Waals surface area contributed by atoms with Crippen LogP contribution in [0.15, 0.2) is 34.8 Å². The molecule has 0 radical (unpaired) electrons. The number of carbonyl (C=O) groups excluding carboxylic acids is 1. The number of rotatable bonds is 4. The molecule has 2 rings (SSSR count). The van der Waals surface area contributed by atoms with Crippen molar-refractivity contribution < 1.29 is 53.6 Å². The Morgan fingerprint density at radius 1 is 1.00 bits per heavy atom. The highest BCUT2D eigenvalue weighted by Gasteiger charge is 2.58. The normalized spacial score (nSPS) is 12.7. The van der Waals surface area contributed by atoms with E-state index in [1.165, 1.54) is 5.32 Å². The molecule has 16 heteroatoms. The highest BCUT2D eigenvalue weighted by atomic mass is 79.9. The standard InChI is InChI=1S/C17H7BrF10N2O3/c18-9-5-6(13(16(23,24)25)17(26,27)28)4-8(15(20,21)22)12(9)29-14(31)7-2-1-3-10(11(7)19)30(32)33/h1-5,13H,(H,29,31). The molecule has 0 aliphatic carbocycles. The third-order valence-corrected chi connectivity index (χ3v) is 4.69. The number of benzene rings is 2. The van der Waals surface area contributed by atoms with Crippen LogP contribution in [0.2, 0.25) is 0 Å². The van der Waals surface area contributed by atoms with Gasteiger partial charge in [0.1, 0.15) is 0 Å². The van der Waals surface area contributed by atoms with Gasteiger partial charge in [-0.1, -0.05) is 6.07 Å². The first kappa shape index (κ1) is 26.3. The highest BCUT2D eigenvalue weighted by Crippen LogP contribution is 2.49. The van der Waals surface area contributed by atoms with Gasteiger partial charge in [0.25, 0.3) is 5.91 Å². The van der Waals surface area contributed by atoms with Crippen molar-refractivity contribution in [3.05, 3.63) is 67.4 Å². The third-order valence-electron chi connectivity index (χ3n) is 4.06. The number of amides is 1. The summed E-state index contributed by atoms with van der Waals surface area (Å²) in [5, 5.41) is 12.3. The summed E-state index contributed by atoms with van der Waals surface area (Å²) in [6.07, 6.45) is -17.6. The molecular formula is C17H7BrF10N2O3. The Bertz CT molecular complexity index is 1080. The Hall–Kier alpha value is -2.91. The van der Waals surface area contributed by atoms with Crippen molar-refractivity contribution in [1.82, 2.24) is 0 Å². The smallest absolute Gasteiger partial charge is 0.320 e. The molecule has 1 N–H and O–H groups in total. The summed E-state index contributed by atoms with van der Waals surface area (Å²) in [5.41, 5.74) is -7.56. The first-order valence-electron chi connectivity index (χ1n) is 8.14. The first-order valence-corrected chi connectivity index (χ1v) is 8.93. The van der Waals surface area contributed by atoms with Crippen LogP contribution >= 0.6 is 15.9 Å². The molecule has 0 atom stereocenters. The maximum Gasteiger partial charge on any atom is 0.418 e. The second-order valence-electron chi connectivity index (χ2n) is 6.29. The number of nitro groups is 1. The number of hydrogen-bond acceptors (Lipinski definition) is 3. The zero-order chi connectivity index (χ0) is 25.5. The minimum absolute atomic E-state index is 0.0697. The number of halogens is 11. The minimum Gasteiger partial charge on any atom is -0.320 e. The zero-order valence-electron chi connectivity index (χ0n) is 15.3. The number of nitrogens with one attached hydrogen (secondary N) is 1. The van der Waals surface area contributed by atoms with E-state index in [4.69, 9.17) is 0 Å². The maximum atomic E-state index is 14.2. The van der Waals surface area contributed by atoms with Crippen molar-refractivity contribution >= 4 is 33.2 Å². The van der Waals surface area contributed by atoms with Gasteiger partial charge in [-0.05, 0) is 39.7 Å². The Morgan fingerprint density at radius 3 is 2.00 bits per heavy atom. The van der Waals surface area contributed by atoms with Gasteiger partial charge in [-0.15, -0.1) is 0 Å². The lowest BCUT2D eigenvalue weighted by Gasteiger charge is -2.25. The SMILES string of the molecule is O=C(Nc1c(Br)cc(C(C(F)(F)F)C(F)(F)F)cc1C(F)(F)F)c1cccc([N+](=O)[O-])c1F. The van der Waals surface area contributed by atoms with Gasteiger partial charge < -0.3 is 5.32 Å². The summed E-state index contributed by atoms with van der Waals surface area (Å²) in [7, 11) is 0. The minimum atomic E-state index is -6.00. The summed E-state index contributed by atoms with van der Waals surface area (Å²) in [5.74, 6) is -7.68. The van der Waals surface area contributed by atoms with Crippen LogP contribution < -0.4 is 5.32 Å². The number of carbonyl (C=O) groups is 1. The Morgan fingerprint density at radius 2 is 1.55 bits per heavy atom. The summed E-state index contributed by atoms with van der Waals surface area (Å²) in [4.78, 5) is 21.8. The molecule has 180 valence electrons. The third kappa shape index (κ3) is 5.72. The fourth-order valence-corrected chi connectivity index (χ4v) is 3.30. The molecule has 2 aromatic rings. The van der Waals surface area contributed by atoms with E-state index in [0.717, 1.165) is 6.07 Å². The summed E-state index contributed by atoms with van der Waals surface area (Å²) >= 11 is 2.40. The van der Waals surface area contributed by atoms with Gasteiger partial charge in [-0.25, -0.2) is 0 Å². The van der Waals surface area contributed by atoms with Gasteiger partial charge in [0.05, 0.1) is 21.7 Å². The summed E-state index contributed by atoms with van der Waals surface area (Å²) in [6.45, 7) is 0. The molecule has 0 aromatic heterocycles. The Kier molecular flexibility index (Phi) is 7.02. The lowest BCUT2D eigenvalue weighted by molar-refractivity contribution is -0.387. The molecule has 33 heavy (non-hydrogen) atoms. The zero-order valence-corrected chi connectivity index (χ0v) is 16.9. The number of alkyl halides is 9.